The van der Waals surface area contributed by atoms with Crippen LogP contribution < -0.4 is 0 Å². The van der Waals surface area contributed by atoms with E-state index in [2.05, 4.69) is 0 Å². The molecule has 0 spiro atoms. The maximum absolute atomic E-state index is 13.5. The van der Waals surface area contributed by atoms with Gasteiger partial charge < -0.3 is 5.11 Å². The Labute approximate surface area is 123 Å². The fourth-order valence-electron chi connectivity index (χ4n) is 1.96. The number of hydrogen-bond acceptors (Lipinski definition) is 1. The fourth-order valence-corrected chi connectivity index (χ4v) is 2.08. The van der Waals surface area contributed by atoms with Crippen LogP contribution in [0.5, 0.6) is 0 Å². The van der Waals surface area contributed by atoms with Crippen LogP contribution in [0.4, 0.5) is 17.6 Å². The highest BCUT2D eigenvalue weighted by Gasteiger charge is 2.34. The van der Waals surface area contributed by atoms with E-state index >= 15 is 0 Å². The van der Waals surface area contributed by atoms with Crippen molar-refractivity contribution in [2.24, 2.45) is 0 Å². The van der Waals surface area contributed by atoms with Gasteiger partial charge in [0.25, 0.3) is 0 Å². The molecule has 0 radical (unpaired) electrons. The van der Waals surface area contributed by atoms with Gasteiger partial charge in [-0.2, -0.15) is 13.2 Å². The summed E-state index contributed by atoms with van der Waals surface area (Å²) in [5.41, 5.74) is -0.176. The lowest BCUT2D eigenvalue weighted by atomic mass is 9.98. The first kappa shape index (κ1) is 15.8. The minimum Gasteiger partial charge on any atom is -0.384 e. The highest BCUT2D eigenvalue weighted by molar-refractivity contribution is 6.31. The smallest absolute Gasteiger partial charge is 0.384 e. The van der Waals surface area contributed by atoms with Gasteiger partial charge >= 0.3 is 6.18 Å². The predicted octanol–water partition coefficient (Wildman–Crippen LogP) is 4.89. The van der Waals surface area contributed by atoms with Crippen LogP contribution in [-0.4, -0.2) is 5.11 Å². The van der Waals surface area contributed by atoms with Crippen LogP contribution in [-0.2, 0) is 6.18 Å². The molecule has 0 aliphatic heterocycles. The lowest BCUT2D eigenvalue weighted by Crippen LogP contribution is -2.09. The third-order valence-electron chi connectivity index (χ3n) is 3.11. The van der Waals surface area contributed by atoms with Crippen molar-refractivity contribution < 1.29 is 22.7 Å². The largest absolute Gasteiger partial charge is 0.419 e. The van der Waals surface area contributed by atoms with E-state index in [1.807, 2.05) is 0 Å². The average molecular weight is 319 g/mol. The maximum atomic E-state index is 13.5. The lowest BCUT2D eigenvalue weighted by molar-refractivity contribution is -0.140. The number of aliphatic hydroxyl groups excluding tert-OH is 1. The summed E-state index contributed by atoms with van der Waals surface area (Å²) in [6.45, 7) is 1.73. The zero-order chi connectivity index (χ0) is 15.8. The minimum atomic E-state index is -4.76. The molecule has 0 fully saturated rings. The molecule has 2 aromatic carbocycles. The number of benzene rings is 2. The monoisotopic (exact) mass is 318 g/mol. The van der Waals surface area contributed by atoms with E-state index in [0.717, 1.165) is 6.07 Å². The second kappa shape index (κ2) is 5.66. The van der Waals surface area contributed by atoms with Gasteiger partial charge in [0.1, 0.15) is 11.9 Å². The van der Waals surface area contributed by atoms with E-state index in [0.29, 0.717) is 28.3 Å². The Morgan fingerprint density at radius 3 is 2.14 bits per heavy atom. The van der Waals surface area contributed by atoms with Gasteiger partial charge in [-0.05, 0) is 41.8 Å². The van der Waals surface area contributed by atoms with Crippen LogP contribution in [0.25, 0.3) is 0 Å². The van der Waals surface area contributed by atoms with E-state index in [1.165, 1.54) is 6.07 Å². The topological polar surface area (TPSA) is 20.2 Å². The number of aryl methyl sites for hydroxylation is 1. The normalized spacial score (nSPS) is 13.3. The Hall–Kier alpha value is -1.59. The van der Waals surface area contributed by atoms with Crippen molar-refractivity contribution in [1.29, 1.82) is 0 Å². The van der Waals surface area contributed by atoms with Crippen molar-refractivity contribution in [1.82, 2.24) is 0 Å². The van der Waals surface area contributed by atoms with Crippen molar-refractivity contribution in [3.05, 3.63) is 69.5 Å². The molecule has 0 amide bonds. The summed E-state index contributed by atoms with van der Waals surface area (Å²) >= 11 is 5.86. The highest BCUT2D eigenvalue weighted by Crippen LogP contribution is 2.33. The Morgan fingerprint density at radius 2 is 1.62 bits per heavy atom. The molecule has 1 unspecified atom stereocenters. The number of alkyl halides is 3. The summed E-state index contributed by atoms with van der Waals surface area (Å²) in [5, 5.41) is 10.6. The molecular weight excluding hydrogens is 308 g/mol. The molecule has 0 aliphatic rings. The first-order valence-electron chi connectivity index (χ1n) is 6.01. The van der Waals surface area contributed by atoms with Gasteiger partial charge in [-0.3, -0.25) is 0 Å². The SMILES string of the molecule is Cc1cc(C(O)c2ccc(C(F)(F)F)c(F)c2)ccc1Cl. The zero-order valence-electron chi connectivity index (χ0n) is 10.9. The lowest BCUT2D eigenvalue weighted by Gasteiger charge is -2.15. The summed E-state index contributed by atoms with van der Waals surface area (Å²) in [4.78, 5) is 0. The molecule has 0 aromatic heterocycles. The molecule has 0 bridgehead atoms. The van der Waals surface area contributed by atoms with Crippen LogP contribution in [0, 0.1) is 12.7 Å². The van der Waals surface area contributed by atoms with E-state index in [1.54, 1.807) is 19.1 Å². The van der Waals surface area contributed by atoms with Gasteiger partial charge in [0.05, 0.1) is 5.56 Å². The van der Waals surface area contributed by atoms with Crippen molar-refractivity contribution >= 4 is 11.6 Å². The summed E-state index contributed by atoms with van der Waals surface area (Å²) in [7, 11) is 0. The van der Waals surface area contributed by atoms with E-state index in [9.17, 15) is 22.7 Å². The van der Waals surface area contributed by atoms with E-state index in [-0.39, 0.29) is 5.56 Å². The van der Waals surface area contributed by atoms with Crippen LogP contribution in [0.2, 0.25) is 5.02 Å². The quantitative estimate of drug-likeness (QED) is 0.782. The summed E-state index contributed by atoms with van der Waals surface area (Å²) in [5.74, 6) is -1.41. The predicted molar refractivity (Wildman–Crippen MR) is 71.7 cm³/mol. The molecule has 0 heterocycles. The highest BCUT2D eigenvalue weighted by atomic mass is 35.5. The molecule has 21 heavy (non-hydrogen) atoms. The number of aliphatic hydroxyl groups is 1. The molecular formula is C15H11ClF4O. The minimum absolute atomic E-state index is 0.0437. The number of hydrogen-bond donors (Lipinski definition) is 1. The van der Waals surface area contributed by atoms with Gasteiger partial charge in [-0.15, -0.1) is 0 Å². The van der Waals surface area contributed by atoms with Crippen LogP contribution in [0.15, 0.2) is 36.4 Å². The average Bonchev–Trinajstić information content (AvgIpc) is 2.39. The van der Waals surface area contributed by atoms with Crippen molar-refractivity contribution in [2.45, 2.75) is 19.2 Å². The second-order valence-corrected chi connectivity index (χ2v) is 5.06. The Morgan fingerprint density at radius 1 is 1.05 bits per heavy atom. The third kappa shape index (κ3) is 3.36. The van der Waals surface area contributed by atoms with Gasteiger partial charge in [0.2, 0.25) is 0 Å². The van der Waals surface area contributed by atoms with Crippen molar-refractivity contribution in [3.63, 3.8) is 0 Å². The first-order valence-corrected chi connectivity index (χ1v) is 6.38. The van der Waals surface area contributed by atoms with Gasteiger partial charge in [-0.1, -0.05) is 29.8 Å². The van der Waals surface area contributed by atoms with Crippen LogP contribution in [0.3, 0.4) is 0 Å². The third-order valence-corrected chi connectivity index (χ3v) is 3.54. The number of rotatable bonds is 2. The second-order valence-electron chi connectivity index (χ2n) is 4.65. The zero-order valence-corrected chi connectivity index (χ0v) is 11.6. The van der Waals surface area contributed by atoms with E-state index in [4.69, 9.17) is 11.6 Å². The summed E-state index contributed by atoms with van der Waals surface area (Å²) in [6, 6.07) is 7.07. The van der Waals surface area contributed by atoms with E-state index < -0.39 is 23.7 Å². The molecule has 1 nitrogen and oxygen atoms in total. The van der Waals surface area contributed by atoms with Gasteiger partial charge in [0, 0.05) is 5.02 Å². The van der Waals surface area contributed by atoms with Gasteiger partial charge in [-0.25, -0.2) is 4.39 Å². The van der Waals surface area contributed by atoms with Crippen molar-refractivity contribution in [2.75, 3.05) is 0 Å². The first-order chi connectivity index (χ1) is 9.70. The Bertz CT molecular complexity index is 667. The van der Waals surface area contributed by atoms with Crippen LogP contribution >= 0.6 is 11.6 Å². The molecule has 0 aliphatic carbocycles. The summed E-state index contributed by atoms with van der Waals surface area (Å²) < 4.78 is 51.0. The number of halogens is 5. The molecule has 0 saturated heterocycles. The molecule has 6 heteroatoms. The molecule has 1 atom stereocenters. The molecule has 0 saturated carbocycles. The Balaban J connectivity index is 2.38. The fraction of sp³-hybridized carbons (Fsp3) is 0.200. The molecule has 2 rings (SSSR count). The maximum Gasteiger partial charge on any atom is 0.419 e. The van der Waals surface area contributed by atoms with Crippen molar-refractivity contribution in [3.8, 4) is 0 Å². The molecule has 112 valence electrons. The Kier molecular flexibility index (Phi) is 4.25. The molecule has 1 N–H and O–H groups in total. The van der Waals surface area contributed by atoms with Crippen LogP contribution in [0.1, 0.15) is 28.4 Å². The standard InChI is InChI=1S/C15H11ClF4O/c1-8-6-9(3-5-12(8)16)14(21)10-2-4-11(13(17)7-10)15(18,19)20/h2-7,14,21H,1H3. The van der Waals surface area contributed by atoms with Gasteiger partial charge in [0.15, 0.2) is 0 Å². The summed E-state index contributed by atoms with van der Waals surface area (Å²) in [6.07, 6.45) is -5.98. The molecule has 2 aromatic rings.